The second kappa shape index (κ2) is 5.44. The van der Waals surface area contributed by atoms with E-state index in [0.717, 1.165) is 23.0 Å². The molecule has 0 spiro atoms. The Labute approximate surface area is 119 Å². The second-order valence-electron chi connectivity index (χ2n) is 4.16. The van der Waals surface area contributed by atoms with E-state index in [1.807, 2.05) is 22.6 Å². The molecule has 1 saturated heterocycles. The third-order valence-corrected chi connectivity index (χ3v) is 4.11. The maximum Gasteiger partial charge on any atom is 0.254 e. The fourth-order valence-corrected chi connectivity index (χ4v) is 2.59. The highest BCUT2D eigenvalue weighted by Gasteiger charge is 2.23. The summed E-state index contributed by atoms with van der Waals surface area (Å²) in [7, 11) is 0. The van der Waals surface area contributed by atoms with Gasteiger partial charge in [-0.3, -0.25) is 4.79 Å². The van der Waals surface area contributed by atoms with E-state index in [1.54, 1.807) is 17.0 Å². The molecular formula is C12H13ClINO2. The van der Waals surface area contributed by atoms with Crippen molar-refractivity contribution in [2.75, 3.05) is 13.1 Å². The van der Waals surface area contributed by atoms with Crippen molar-refractivity contribution in [3.8, 4) is 5.75 Å². The van der Waals surface area contributed by atoms with E-state index in [4.69, 9.17) is 11.6 Å². The first-order chi connectivity index (χ1) is 8.08. The lowest BCUT2D eigenvalue weighted by Gasteiger charge is -2.29. The van der Waals surface area contributed by atoms with E-state index in [2.05, 4.69) is 0 Å². The van der Waals surface area contributed by atoms with Crippen LogP contribution in [0.15, 0.2) is 18.2 Å². The van der Waals surface area contributed by atoms with E-state index in [1.165, 1.54) is 6.07 Å². The molecule has 1 aromatic carbocycles. The van der Waals surface area contributed by atoms with Gasteiger partial charge >= 0.3 is 0 Å². The zero-order chi connectivity index (χ0) is 12.4. The molecule has 0 aliphatic carbocycles. The minimum absolute atomic E-state index is 0.0464. The Kier molecular flexibility index (Phi) is 4.14. The van der Waals surface area contributed by atoms with Gasteiger partial charge in [0.25, 0.3) is 5.91 Å². The number of phenols is 1. The third-order valence-electron chi connectivity index (χ3n) is 2.84. The predicted octanol–water partition coefficient (Wildman–Crippen LogP) is 2.84. The average molecular weight is 366 g/mol. The number of hydrogen-bond donors (Lipinski definition) is 1. The van der Waals surface area contributed by atoms with Crippen molar-refractivity contribution in [2.45, 2.75) is 18.2 Å². The van der Waals surface area contributed by atoms with E-state index in [9.17, 15) is 9.90 Å². The van der Waals surface area contributed by atoms with E-state index >= 15 is 0 Å². The van der Waals surface area contributed by atoms with Crippen LogP contribution in [0.4, 0.5) is 0 Å². The summed E-state index contributed by atoms with van der Waals surface area (Å²) in [5, 5.41) is 9.64. The van der Waals surface area contributed by atoms with Crippen molar-refractivity contribution in [1.82, 2.24) is 4.90 Å². The molecule has 1 aliphatic rings. The van der Waals surface area contributed by atoms with Gasteiger partial charge in [0, 0.05) is 18.7 Å². The van der Waals surface area contributed by atoms with Gasteiger partial charge in [-0.25, -0.2) is 0 Å². The number of carbonyl (C=O) groups excluding carboxylic acids is 1. The second-order valence-corrected chi connectivity index (χ2v) is 5.94. The summed E-state index contributed by atoms with van der Waals surface area (Å²) < 4.78 is 0.744. The Bertz CT molecular complexity index is 439. The first-order valence-corrected chi connectivity index (χ1v) is 7.01. The van der Waals surface area contributed by atoms with Crippen molar-refractivity contribution < 1.29 is 9.90 Å². The van der Waals surface area contributed by atoms with Gasteiger partial charge in [-0.1, -0.05) is 0 Å². The highest BCUT2D eigenvalue weighted by molar-refractivity contribution is 14.1. The van der Waals surface area contributed by atoms with Crippen LogP contribution >= 0.6 is 34.2 Å². The smallest absolute Gasteiger partial charge is 0.254 e. The lowest BCUT2D eigenvalue weighted by Crippen LogP contribution is -2.40. The zero-order valence-electron chi connectivity index (χ0n) is 9.20. The molecule has 1 atom stereocenters. The number of amides is 1. The predicted molar refractivity (Wildman–Crippen MR) is 75.6 cm³/mol. The molecule has 1 aromatic rings. The van der Waals surface area contributed by atoms with E-state index in [0.29, 0.717) is 12.1 Å². The number of benzene rings is 1. The van der Waals surface area contributed by atoms with Crippen LogP contribution in [0.3, 0.4) is 0 Å². The summed E-state index contributed by atoms with van der Waals surface area (Å²) in [6, 6.07) is 4.99. The van der Waals surface area contributed by atoms with Gasteiger partial charge < -0.3 is 10.0 Å². The summed E-state index contributed by atoms with van der Waals surface area (Å²) in [6.07, 6.45) is 1.90. The Hall–Kier alpha value is -0.490. The number of aromatic hydroxyl groups is 1. The fourth-order valence-electron chi connectivity index (χ4n) is 1.94. The monoisotopic (exact) mass is 365 g/mol. The molecule has 1 unspecified atom stereocenters. The summed E-state index contributed by atoms with van der Waals surface area (Å²) in [5.74, 6) is 0.0953. The van der Waals surface area contributed by atoms with Gasteiger partial charge in [-0.2, -0.15) is 0 Å². The molecular weight excluding hydrogens is 352 g/mol. The van der Waals surface area contributed by atoms with Gasteiger partial charge in [0.05, 0.1) is 8.95 Å². The highest BCUT2D eigenvalue weighted by Crippen LogP contribution is 2.23. The molecule has 92 valence electrons. The Morgan fingerprint density at radius 2 is 2.29 bits per heavy atom. The molecule has 3 nitrogen and oxygen atoms in total. The Morgan fingerprint density at radius 3 is 2.94 bits per heavy atom. The van der Waals surface area contributed by atoms with Crippen LogP contribution in [0.1, 0.15) is 23.2 Å². The maximum absolute atomic E-state index is 12.2. The van der Waals surface area contributed by atoms with Crippen LogP contribution in [0.5, 0.6) is 5.75 Å². The van der Waals surface area contributed by atoms with Gasteiger partial charge in [0.15, 0.2) is 0 Å². The minimum Gasteiger partial charge on any atom is -0.507 e. The average Bonchev–Trinajstić information content (AvgIpc) is 2.32. The number of alkyl halides is 1. The lowest BCUT2D eigenvalue weighted by molar-refractivity contribution is 0.0726. The number of rotatable bonds is 1. The van der Waals surface area contributed by atoms with Crippen molar-refractivity contribution in [2.24, 2.45) is 0 Å². The first-order valence-electron chi connectivity index (χ1n) is 5.50. The molecule has 0 saturated carbocycles. The topological polar surface area (TPSA) is 40.5 Å². The lowest BCUT2D eigenvalue weighted by atomic mass is 10.1. The third kappa shape index (κ3) is 3.04. The van der Waals surface area contributed by atoms with E-state index < -0.39 is 0 Å². The normalized spacial score (nSPS) is 20.4. The van der Waals surface area contributed by atoms with Crippen molar-refractivity contribution in [3.63, 3.8) is 0 Å². The fraction of sp³-hybridized carbons (Fsp3) is 0.417. The number of carbonyl (C=O) groups is 1. The Morgan fingerprint density at radius 1 is 1.53 bits per heavy atom. The molecule has 1 heterocycles. The molecule has 0 radical (unpaired) electrons. The van der Waals surface area contributed by atoms with Gasteiger partial charge in [0.1, 0.15) is 5.75 Å². The number of halogens is 2. The van der Waals surface area contributed by atoms with Gasteiger partial charge in [-0.15, -0.1) is 11.6 Å². The van der Waals surface area contributed by atoms with Crippen LogP contribution in [-0.2, 0) is 0 Å². The SMILES string of the molecule is O=C(c1ccc(I)c(O)c1)N1CCCC(Cl)C1. The summed E-state index contributed by atoms with van der Waals surface area (Å²) in [6.45, 7) is 1.34. The molecule has 0 bridgehead atoms. The van der Waals surface area contributed by atoms with Crippen LogP contribution in [-0.4, -0.2) is 34.4 Å². The standard InChI is InChI=1S/C12H13ClINO2/c13-9-2-1-5-15(7-9)12(17)8-3-4-10(14)11(16)6-8/h3-4,6,9,16H,1-2,5,7H2. The van der Waals surface area contributed by atoms with Crippen molar-refractivity contribution >= 4 is 40.1 Å². The van der Waals surface area contributed by atoms with Crippen LogP contribution < -0.4 is 0 Å². The Balaban J connectivity index is 2.15. The number of nitrogens with zero attached hydrogens (tertiary/aromatic N) is 1. The van der Waals surface area contributed by atoms with Crippen LogP contribution in [0, 0.1) is 3.57 Å². The summed E-state index contributed by atoms with van der Waals surface area (Å²) in [4.78, 5) is 13.9. The molecule has 1 N–H and O–H groups in total. The molecule has 0 aromatic heterocycles. The van der Waals surface area contributed by atoms with Crippen LogP contribution in [0.2, 0.25) is 0 Å². The number of likely N-dealkylation sites (tertiary alicyclic amines) is 1. The molecule has 1 aliphatic heterocycles. The zero-order valence-corrected chi connectivity index (χ0v) is 12.1. The molecule has 1 amide bonds. The number of phenolic OH excluding ortho intramolecular Hbond substituents is 1. The molecule has 17 heavy (non-hydrogen) atoms. The molecule has 1 fully saturated rings. The summed E-state index contributed by atoms with van der Waals surface area (Å²) in [5.41, 5.74) is 0.522. The van der Waals surface area contributed by atoms with Crippen molar-refractivity contribution in [3.05, 3.63) is 27.3 Å². The summed E-state index contributed by atoms with van der Waals surface area (Å²) >= 11 is 8.08. The number of piperidine rings is 1. The number of hydrogen-bond acceptors (Lipinski definition) is 2. The highest BCUT2D eigenvalue weighted by atomic mass is 127. The van der Waals surface area contributed by atoms with Crippen LogP contribution in [0.25, 0.3) is 0 Å². The van der Waals surface area contributed by atoms with Gasteiger partial charge in [0.2, 0.25) is 0 Å². The largest absolute Gasteiger partial charge is 0.507 e. The first kappa shape index (κ1) is 13.0. The molecule has 2 rings (SSSR count). The van der Waals surface area contributed by atoms with E-state index in [-0.39, 0.29) is 17.0 Å². The maximum atomic E-state index is 12.2. The van der Waals surface area contributed by atoms with Gasteiger partial charge in [-0.05, 0) is 53.6 Å². The van der Waals surface area contributed by atoms with Crippen molar-refractivity contribution in [1.29, 1.82) is 0 Å². The molecule has 5 heteroatoms. The minimum atomic E-state index is -0.0537. The quantitative estimate of drug-likeness (QED) is 0.614.